The van der Waals surface area contributed by atoms with Crippen LogP contribution in [0.4, 0.5) is 4.39 Å². The predicted molar refractivity (Wildman–Crippen MR) is 62.7 cm³/mol. The van der Waals surface area contributed by atoms with E-state index in [0.29, 0.717) is 5.56 Å². The Labute approximate surface area is 107 Å². The van der Waals surface area contributed by atoms with Gasteiger partial charge in [-0.15, -0.1) is 0 Å². The van der Waals surface area contributed by atoms with E-state index in [1.165, 1.54) is 12.1 Å². The van der Waals surface area contributed by atoms with Gasteiger partial charge < -0.3 is 4.74 Å². The van der Waals surface area contributed by atoms with Gasteiger partial charge in [0.1, 0.15) is 5.82 Å². The third kappa shape index (κ3) is 2.48. The molecule has 0 radical (unpaired) electrons. The van der Waals surface area contributed by atoms with Crippen molar-refractivity contribution in [2.24, 2.45) is 0 Å². The van der Waals surface area contributed by atoms with E-state index in [1.54, 1.807) is 6.92 Å². The minimum absolute atomic E-state index is 0.0211. The maximum Gasteiger partial charge on any atom is 0.375 e. The molecule has 0 saturated heterocycles. The van der Waals surface area contributed by atoms with Crippen molar-refractivity contribution in [2.75, 3.05) is 6.61 Å². The highest BCUT2D eigenvalue weighted by Crippen LogP contribution is 2.25. The van der Waals surface area contributed by atoms with Crippen molar-refractivity contribution < 1.29 is 13.9 Å². The molecule has 7 heteroatoms. The van der Waals surface area contributed by atoms with Gasteiger partial charge in [0.2, 0.25) is 5.82 Å². The molecule has 2 rings (SSSR count). The predicted octanol–water partition coefficient (Wildman–Crippen LogP) is 2.44. The van der Waals surface area contributed by atoms with Crippen molar-refractivity contribution in [2.45, 2.75) is 6.92 Å². The van der Waals surface area contributed by atoms with Gasteiger partial charge in [0.15, 0.2) is 5.82 Å². The number of H-pyrrole nitrogens is 1. The molecule has 0 saturated carbocycles. The summed E-state index contributed by atoms with van der Waals surface area (Å²) in [6.07, 6.45) is 0. The van der Waals surface area contributed by atoms with E-state index in [0.717, 1.165) is 6.07 Å². The van der Waals surface area contributed by atoms with Crippen LogP contribution in [-0.4, -0.2) is 27.8 Å². The normalized spacial score (nSPS) is 10.4. The quantitative estimate of drug-likeness (QED) is 0.869. The van der Waals surface area contributed by atoms with E-state index in [1.807, 2.05) is 0 Å². The van der Waals surface area contributed by atoms with E-state index in [-0.39, 0.29) is 23.3 Å². The Balaban J connectivity index is 2.32. The van der Waals surface area contributed by atoms with Crippen LogP contribution < -0.4 is 0 Å². The summed E-state index contributed by atoms with van der Waals surface area (Å²) in [6, 6.07) is 3.83. The molecule has 0 atom stereocenters. The van der Waals surface area contributed by atoms with Crippen LogP contribution in [0.2, 0.25) is 5.02 Å². The monoisotopic (exact) mass is 269 g/mol. The minimum Gasteiger partial charge on any atom is -0.460 e. The van der Waals surface area contributed by atoms with Gasteiger partial charge in [0, 0.05) is 5.56 Å². The van der Waals surface area contributed by atoms with Crippen molar-refractivity contribution in [1.82, 2.24) is 15.2 Å². The molecule has 1 N–H and O–H groups in total. The molecule has 18 heavy (non-hydrogen) atoms. The molecule has 5 nitrogen and oxygen atoms in total. The molecule has 0 amide bonds. The number of carbonyl (C=O) groups is 1. The van der Waals surface area contributed by atoms with Crippen LogP contribution in [0.15, 0.2) is 18.2 Å². The highest BCUT2D eigenvalue weighted by molar-refractivity contribution is 6.33. The minimum atomic E-state index is -0.602. The van der Waals surface area contributed by atoms with E-state index in [2.05, 4.69) is 15.2 Å². The number of esters is 1. The summed E-state index contributed by atoms with van der Waals surface area (Å²) in [5, 5.41) is 6.45. The number of aromatic nitrogens is 3. The second kappa shape index (κ2) is 5.14. The molecule has 1 aromatic carbocycles. The summed E-state index contributed by atoms with van der Waals surface area (Å²) in [4.78, 5) is 15.3. The number of carbonyl (C=O) groups excluding carboxylic acids is 1. The summed E-state index contributed by atoms with van der Waals surface area (Å²) in [7, 11) is 0. The molecule has 2 aromatic rings. The first-order valence-corrected chi connectivity index (χ1v) is 5.54. The molecule has 0 fully saturated rings. The number of hydrogen-bond acceptors (Lipinski definition) is 4. The average molecular weight is 270 g/mol. The Morgan fingerprint density at radius 1 is 1.56 bits per heavy atom. The number of rotatable bonds is 3. The molecule has 0 aliphatic heterocycles. The zero-order valence-corrected chi connectivity index (χ0v) is 10.2. The van der Waals surface area contributed by atoms with E-state index < -0.39 is 11.8 Å². The Morgan fingerprint density at radius 3 is 3.00 bits per heavy atom. The van der Waals surface area contributed by atoms with Gasteiger partial charge >= 0.3 is 5.97 Å². The Bertz CT molecular complexity index is 585. The maximum atomic E-state index is 12.9. The molecule has 0 unspecified atom stereocenters. The molecular formula is C11H9ClFN3O2. The highest BCUT2D eigenvalue weighted by atomic mass is 35.5. The Morgan fingerprint density at radius 2 is 2.33 bits per heavy atom. The number of halogens is 2. The van der Waals surface area contributed by atoms with Gasteiger partial charge in [-0.25, -0.2) is 14.2 Å². The lowest BCUT2D eigenvalue weighted by molar-refractivity contribution is 0.0512. The number of nitrogens with one attached hydrogen (secondary N) is 1. The van der Waals surface area contributed by atoms with Gasteiger partial charge in [-0.2, -0.15) is 5.10 Å². The average Bonchev–Trinajstić information content (AvgIpc) is 2.78. The number of hydrogen-bond donors (Lipinski definition) is 1. The topological polar surface area (TPSA) is 67.9 Å². The molecule has 94 valence electrons. The number of nitrogens with zero attached hydrogens (tertiary/aromatic N) is 2. The molecule has 0 aliphatic carbocycles. The van der Waals surface area contributed by atoms with Crippen LogP contribution in [0.5, 0.6) is 0 Å². The summed E-state index contributed by atoms with van der Waals surface area (Å²) >= 11 is 5.86. The Kier molecular flexibility index (Phi) is 3.57. The fourth-order valence-electron chi connectivity index (χ4n) is 1.34. The van der Waals surface area contributed by atoms with E-state index >= 15 is 0 Å². The zero-order chi connectivity index (χ0) is 13.1. The number of aromatic amines is 1. The van der Waals surface area contributed by atoms with Crippen LogP contribution in [0.1, 0.15) is 17.5 Å². The summed E-state index contributed by atoms with van der Waals surface area (Å²) in [5.41, 5.74) is 0.435. The standard InChI is InChI=1S/C11H9ClFN3O2/c1-2-18-11(17)10-14-9(15-16-10)7-4-3-6(13)5-8(7)12/h3-5H,2H2,1H3,(H,14,15,16). The SMILES string of the molecule is CCOC(=O)c1nc(-c2ccc(F)cc2Cl)n[nH]1. The van der Waals surface area contributed by atoms with Crippen molar-refractivity contribution in [3.63, 3.8) is 0 Å². The van der Waals surface area contributed by atoms with Gasteiger partial charge in [0.05, 0.1) is 11.6 Å². The fourth-order valence-corrected chi connectivity index (χ4v) is 1.60. The van der Waals surface area contributed by atoms with Crippen LogP contribution in [0.3, 0.4) is 0 Å². The van der Waals surface area contributed by atoms with Gasteiger partial charge in [-0.1, -0.05) is 11.6 Å². The second-order valence-corrected chi connectivity index (χ2v) is 3.76. The van der Waals surface area contributed by atoms with Crippen LogP contribution in [0.25, 0.3) is 11.4 Å². The molecule has 0 aliphatic rings. The lowest BCUT2D eigenvalue weighted by atomic mass is 10.2. The van der Waals surface area contributed by atoms with Gasteiger partial charge in [-0.3, -0.25) is 5.10 Å². The van der Waals surface area contributed by atoms with Crippen molar-refractivity contribution >= 4 is 17.6 Å². The molecule has 0 spiro atoms. The molecule has 1 heterocycles. The lowest BCUT2D eigenvalue weighted by Crippen LogP contribution is -2.06. The van der Waals surface area contributed by atoms with Gasteiger partial charge in [0.25, 0.3) is 0 Å². The van der Waals surface area contributed by atoms with E-state index in [4.69, 9.17) is 16.3 Å². The first-order chi connectivity index (χ1) is 8.61. The third-order valence-corrected chi connectivity index (χ3v) is 2.44. The van der Waals surface area contributed by atoms with E-state index in [9.17, 15) is 9.18 Å². The van der Waals surface area contributed by atoms with Crippen LogP contribution in [0, 0.1) is 5.82 Å². The third-order valence-electron chi connectivity index (χ3n) is 2.13. The second-order valence-electron chi connectivity index (χ2n) is 3.35. The first kappa shape index (κ1) is 12.5. The van der Waals surface area contributed by atoms with Gasteiger partial charge in [-0.05, 0) is 25.1 Å². The Hall–Kier alpha value is -1.95. The molecule has 1 aromatic heterocycles. The molecular weight excluding hydrogens is 261 g/mol. The smallest absolute Gasteiger partial charge is 0.375 e. The van der Waals surface area contributed by atoms with Crippen LogP contribution >= 0.6 is 11.6 Å². The fraction of sp³-hybridized carbons (Fsp3) is 0.182. The van der Waals surface area contributed by atoms with Crippen molar-refractivity contribution in [3.05, 3.63) is 34.9 Å². The van der Waals surface area contributed by atoms with Crippen molar-refractivity contribution in [1.29, 1.82) is 0 Å². The highest BCUT2D eigenvalue weighted by Gasteiger charge is 2.15. The van der Waals surface area contributed by atoms with Crippen LogP contribution in [-0.2, 0) is 4.74 Å². The summed E-state index contributed by atoms with van der Waals surface area (Å²) < 4.78 is 17.7. The first-order valence-electron chi connectivity index (χ1n) is 5.16. The lowest BCUT2D eigenvalue weighted by Gasteiger charge is -1.98. The zero-order valence-electron chi connectivity index (χ0n) is 9.41. The largest absolute Gasteiger partial charge is 0.460 e. The summed E-state index contributed by atoms with van der Waals surface area (Å²) in [6.45, 7) is 1.93. The number of benzene rings is 1. The van der Waals surface area contributed by atoms with Crippen molar-refractivity contribution in [3.8, 4) is 11.4 Å². The maximum absolute atomic E-state index is 12.9. The summed E-state index contributed by atoms with van der Waals surface area (Å²) in [5.74, 6) is -0.866. The molecule has 0 bridgehead atoms. The number of ether oxygens (including phenoxy) is 1.